The Morgan fingerprint density at radius 2 is 1.56 bits per heavy atom. The van der Waals surface area contributed by atoms with Crippen LogP contribution in [0.15, 0.2) is 66.2 Å². The maximum absolute atomic E-state index is 12.6. The van der Waals surface area contributed by atoms with E-state index in [0.29, 0.717) is 12.0 Å². The molecule has 0 saturated carbocycles. The average molecular weight is 337 g/mol. The van der Waals surface area contributed by atoms with Crippen molar-refractivity contribution in [1.82, 2.24) is 4.90 Å². The quantitative estimate of drug-likeness (QED) is 0.499. The van der Waals surface area contributed by atoms with Crippen LogP contribution in [0, 0.1) is 0 Å². The van der Waals surface area contributed by atoms with Crippen molar-refractivity contribution in [1.29, 1.82) is 0 Å². The minimum Gasteiger partial charge on any atom is -0.507 e. The number of Topliss-reactive ketones (excluding diaryl/α,β-unsaturated/α-hetero) is 1. The second-order valence-electron chi connectivity index (χ2n) is 5.85. The van der Waals surface area contributed by atoms with Gasteiger partial charge in [-0.05, 0) is 12.0 Å². The van der Waals surface area contributed by atoms with Gasteiger partial charge < -0.3 is 15.1 Å². The Labute approximate surface area is 145 Å². The minimum atomic E-state index is -0.701. The first kappa shape index (κ1) is 16.9. The summed E-state index contributed by atoms with van der Waals surface area (Å²) in [7, 11) is 0. The second kappa shape index (κ2) is 7.32. The highest BCUT2D eigenvalue weighted by molar-refractivity contribution is 6.46. The van der Waals surface area contributed by atoms with E-state index in [0.717, 1.165) is 5.56 Å². The molecule has 1 aliphatic heterocycles. The van der Waals surface area contributed by atoms with E-state index in [9.17, 15) is 14.7 Å². The number of hydrogen-bond acceptors (Lipinski definition) is 4. The third-order valence-electron chi connectivity index (χ3n) is 4.26. The van der Waals surface area contributed by atoms with Crippen LogP contribution in [0.4, 0.5) is 0 Å². The molecular weight excluding hydrogens is 318 g/mol. The third-order valence-corrected chi connectivity index (χ3v) is 4.26. The second-order valence-corrected chi connectivity index (χ2v) is 5.85. The summed E-state index contributed by atoms with van der Waals surface area (Å²) in [5.74, 6) is -1.53. The number of carbonyl (C=O) groups excluding carboxylic acids is 2. The first-order valence-corrected chi connectivity index (χ1v) is 8.14. The molecule has 0 bridgehead atoms. The highest BCUT2D eigenvalue weighted by Crippen LogP contribution is 2.39. The summed E-state index contributed by atoms with van der Waals surface area (Å²) in [6.07, 6.45) is 0.363. The van der Waals surface area contributed by atoms with Gasteiger partial charge in [0, 0.05) is 18.7 Å². The maximum Gasteiger partial charge on any atom is 0.295 e. The van der Waals surface area contributed by atoms with E-state index in [1.807, 2.05) is 36.4 Å². The molecule has 2 aromatic rings. The van der Waals surface area contributed by atoms with Crippen LogP contribution in [0.5, 0.6) is 0 Å². The van der Waals surface area contributed by atoms with Crippen LogP contribution in [0.2, 0.25) is 0 Å². The number of hydrogen-bond donors (Lipinski definition) is 2. The molecule has 0 aromatic heterocycles. The van der Waals surface area contributed by atoms with Crippen molar-refractivity contribution >= 4 is 17.4 Å². The van der Waals surface area contributed by atoms with Crippen LogP contribution in [0.3, 0.4) is 0 Å². The molecule has 3 rings (SSSR count). The lowest BCUT2D eigenvalue weighted by molar-refractivity contribution is -0.140. The van der Waals surface area contributed by atoms with Gasteiger partial charge in [-0.15, -0.1) is 0 Å². The number of ketones is 1. The van der Waals surface area contributed by atoms with Crippen molar-refractivity contribution in [3.8, 4) is 0 Å². The van der Waals surface area contributed by atoms with Crippen LogP contribution in [-0.4, -0.2) is 40.0 Å². The lowest BCUT2D eigenvalue weighted by atomic mass is 9.95. The van der Waals surface area contributed by atoms with Gasteiger partial charge in [0.05, 0.1) is 11.6 Å². The number of nitrogens with zero attached hydrogens (tertiary/aromatic N) is 1. The molecule has 5 heteroatoms. The molecule has 2 N–H and O–H groups in total. The van der Waals surface area contributed by atoms with Crippen molar-refractivity contribution in [2.75, 3.05) is 13.2 Å². The van der Waals surface area contributed by atoms with E-state index >= 15 is 0 Å². The van der Waals surface area contributed by atoms with E-state index in [1.165, 1.54) is 4.90 Å². The highest BCUT2D eigenvalue weighted by atomic mass is 16.3. The molecule has 5 nitrogen and oxygen atoms in total. The Morgan fingerprint density at radius 1 is 0.960 bits per heavy atom. The molecule has 0 unspecified atom stereocenters. The summed E-state index contributed by atoms with van der Waals surface area (Å²) in [4.78, 5) is 26.5. The Hall–Kier alpha value is -2.92. The standard InChI is InChI=1S/C20H19NO4/c22-13-7-12-21-17(14-8-3-1-4-9-14)16(19(24)20(21)25)18(23)15-10-5-2-6-11-15/h1-6,8-11,17,22-23H,7,12-13H2/t17-/m1/s1. The molecule has 1 amide bonds. The Balaban J connectivity index is 2.14. The van der Waals surface area contributed by atoms with E-state index in [-0.39, 0.29) is 24.5 Å². The minimum absolute atomic E-state index is 0.0802. The summed E-state index contributed by atoms with van der Waals surface area (Å²) in [6, 6.07) is 17.2. The van der Waals surface area contributed by atoms with E-state index in [1.54, 1.807) is 24.3 Å². The van der Waals surface area contributed by atoms with Crippen molar-refractivity contribution in [3.05, 3.63) is 77.4 Å². The number of likely N-dealkylation sites (tertiary alicyclic amines) is 1. The van der Waals surface area contributed by atoms with E-state index in [4.69, 9.17) is 5.11 Å². The first-order chi connectivity index (χ1) is 12.1. The topological polar surface area (TPSA) is 77.8 Å². The lowest BCUT2D eigenvalue weighted by Crippen LogP contribution is -2.31. The predicted octanol–water partition coefficient (Wildman–Crippen LogP) is 2.49. The normalized spacial score (nSPS) is 19.4. The van der Waals surface area contributed by atoms with Crippen molar-refractivity contribution in [3.63, 3.8) is 0 Å². The number of carbonyl (C=O) groups is 2. The van der Waals surface area contributed by atoms with Gasteiger partial charge in [-0.1, -0.05) is 60.7 Å². The molecule has 1 saturated heterocycles. The third kappa shape index (κ3) is 3.19. The van der Waals surface area contributed by atoms with Crippen molar-refractivity contribution < 1.29 is 19.8 Å². The molecule has 1 fully saturated rings. The Bertz CT molecular complexity index is 799. The van der Waals surface area contributed by atoms with Crippen LogP contribution in [0.25, 0.3) is 5.76 Å². The fourth-order valence-electron chi connectivity index (χ4n) is 3.09. The SMILES string of the molecule is O=C1C(=O)N(CCCO)[C@H](c2ccccc2)C1=C(O)c1ccccc1. The maximum atomic E-state index is 12.6. The average Bonchev–Trinajstić information content (AvgIpc) is 2.91. The van der Waals surface area contributed by atoms with Gasteiger partial charge in [0.15, 0.2) is 0 Å². The number of amides is 1. The Kier molecular flexibility index (Phi) is 4.95. The fraction of sp³-hybridized carbons (Fsp3) is 0.200. The number of rotatable bonds is 5. The lowest BCUT2D eigenvalue weighted by Gasteiger charge is -2.25. The van der Waals surface area contributed by atoms with Gasteiger partial charge >= 0.3 is 0 Å². The molecule has 0 spiro atoms. The van der Waals surface area contributed by atoms with Crippen LogP contribution in [0.1, 0.15) is 23.6 Å². The van der Waals surface area contributed by atoms with Crippen LogP contribution in [-0.2, 0) is 9.59 Å². The summed E-state index contributed by atoms with van der Waals surface area (Å²) in [5, 5.41) is 19.8. The molecule has 1 aliphatic rings. The summed E-state index contributed by atoms with van der Waals surface area (Å²) < 4.78 is 0. The molecule has 1 atom stereocenters. The van der Waals surface area contributed by atoms with Gasteiger partial charge in [0.2, 0.25) is 0 Å². The molecule has 1 heterocycles. The number of benzene rings is 2. The van der Waals surface area contributed by atoms with Crippen molar-refractivity contribution in [2.45, 2.75) is 12.5 Å². The zero-order valence-electron chi connectivity index (χ0n) is 13.6. The van der Waals surface area contributed by atoms with E-state index in [2.05, 4.69) is 0 Å². The smallest absolute Gasteiger partial charge is 0.295 e. The van der Waals surface area contributed by atoms with Gasteiger partial charge in [-0.25, -0.2) is 0 Å². The van der Waals surface area contributed by atoms with Gasteiger partial charge in [-0.2, -0.15) is 0 Å². The first-order valence-electron chi connectivity index (χ1n) is 8.14. The highest BCUT2D eigenvalue weighted by Gasteiger charge is 2.45. The molecule has 0 radical (unpaired) electrons. The zero-order chi connectivity index (χ0) is 17.8. The van der Waals surface area contributed by atoms with Crippen LogP contribution < -0.4 is 0 Å². The molecule has 2 aromatic carbocycles. The summed E-state index contributed by atoms with van der Waals surface area (Å²) in [5.41, 5.74) is 1.32. The van der Waals surface area contributed by atoms with Gasteiger partial charge in [0.25, 0.3) is 11.7 Å². The monoisotopic (exact) mass is 337 g/mol. The predicted molar refractivity (Wildman–Crippen MR) is 93.6 cm³/mol. The zero-order valence-corrected chi connectivity index (χ0v) is 13.6. The number of aliphatic hydroxyl groups excluding tert-OH is 2. The molecule has 25 heavy (non-hydrogen) atoms. The van der Waals surface area contributed by atoms with E-state index < -0.39 is 17.7 Å². The summed E-state index contributed by atoms with van der Waals surface area (Å²) >= 11 is 0. The fourth-order valence-corrected chi connectivity index (χ4v) is 3.09. The number of aliphatic hydroxyl groups is 2. The molecule has 0 aliphatic carbocycles. The Morgan fingerprint density at radius 3 is 2.16 bits per heavy atom. The summed E-state index contributed by atoms with van der Waals surface area (Å²) in [6.45, 7) is 0.162. The van der Waals surface area contributed by atoms with Gasteiger partial charge in [0.1, 0.15) is 5.76 Å². The molecular formula is C20H19NO4. The van der Waals surface area contributed by atoms with Crippen LogP contribution >= 0.6 is 0 Å². The van der Waals surface area contributed by atoms with Gasteiger partial charge in [-0.3, -0.25) is 9.59 Å². The molecule has 128 valence electrons. The van der Waals surface area contributed by atoms with Crippen molar-refractivity contribution in [2.24, 2.45) is 0 Å². The largest absolute Gasteiger partial charge is 0.507 e.